The van der Waals surface area contributed by atoms with E-state index in [1.165, 1.54) is 12.1 Å². The number of aliphatic hydroxyl groups is 2. The van der Waals surface area contributed by atoms with Crippen LogP contribution in [0.1, 0.15) is 55.8 Å². The third-order valence-electron chi connectivity index (χ3n) is 5.64. The van der Waals surface area contributed by atoms with Crippen molar-refractivity contribution in [1.29, 1.82) is 0 Å². The lowest BCUT2D eigenvalue weighted by Gasteiger charge is -2.16. The van der Waals surface area contributed by atoms with Crippen molar-refractivity contribution in [2.75, 3.05) is 0 Å². The molecule has 2 atom stereocenters. The monoisotopic (exact) mass is 454 g/mol. The predicted octanol–water partition coefficient (Wildman–Crippen LogP) is 4.63. The molecule has 0 aliphatic carbocycles. The van der Waals surface area contributed by atoms with Gasteiger partial charge in [-0.1, -0.05) is 31.5 Å². The summed E-state index contributed by atoms with van der Waals surface area (Å²) in [5, 5.41) is 34.1. The zero-order chi connectivity index (χ0) is 24.1. The number of rotatable bonds is 10. The fourth-order valence-corrected chi connectivity index (χ4v) is 3.98. The molecule has 2 aromatic carbocycles. The van der Waals surface area contributed by atoms with Crippen molar-refractivity contribution in [2.45, 2.75) is 64.6 Å². The second-order valence-electron chi connectivity index (χ2n) is 8.80. The van der Waals surface area contributed by atoms with Gasteiger partial charge in [-0.25, -0.2) is 9.07 Å². The van der Waals surface area contributed by atoms with Crippen LogP contribution in [0.4, 0.5) is 4.39 Å². The van der Waals surface area contributed by atoms with Crippen molar-refractivity contribution in [3.8, 4) is 16.9 Å². The first-order valence-electron chi connectivity index (χ1n) is 11.2. The van der Waals surface area contributed by atoms with Crippen molar-refractivity contribution >= 4 is 5.97 Å². The Bertz CT molecular complexity index is 1070. The smallest absolute Gasteiger partial charge is 0.305 e. The highest BCUT2D eigenvalue weighted by atomic mass is 19.1. The number of hydrogen-bond donors (Lipinski definition) is 3. The Morgan fingerprint density at radius 1 is 1.03 bits per heavy atom. The van der Waals surface area contributed by atoms with Crippen LogP contribution in [-0.2, 0) is 11.2 Å². The second-order valence-corrected chi connectivity index (χ2v) is 8.80. The largest absolute Gasteiger partial charge is 0.481 e. The molecule has 3 N–H and O–H groups in total. The fraction of sp³-hybridized carbons (Fsp3) is 0.385. The lowest BCUT2D eigenvalue weighted by Crippen LogP contribution is -2.21. The first-order chi connectivity index (χ1) is 15.7. The molecule has 7 heteroatoms. The van der Waals surface area contributed by atoms with Crippen LogP contribution in [0.25, 0.3) is 16.9 Å². The maximum absolute atomic E-state index is 13.6. The van der Waals surface area contributed by atoms with Crippen molar-refractivity contribution in [3.05, 3.63) is 71.2 Å². The fourth-order valence-electron chi connectivity index (χ4n) is 3.98. The topological polar surface area (TPSA) is 95.6 Å². The number of carboxylic acid groups (broad SMARTS) is 1. The van der Waals surface area contributed by atoms with Gasteiger partial charge in [-0.15, -0.1) is 0 Å². The second kappa shape index (κ2) is 10.7. The van der Waals surface area contributed by atoms with Crippen LogP contribution >= 0.6 is 0 Å². The summed E-state index contributed by atoms with van der Waals surface area (Å²) in [4.78, 5) is 10.8. The van der Waals surface area contributed by atoms with Crippen molar-refractivity contribution < 1.29 is 24.5 Å². The van der Waals surface area contributed by atoms with Crippen LogP contribution < -0.4 is 0 Å². The Hall–Kier alpha value is -3.03. The van der Waals surface area contributed by atoms with Gasteiger partial charge in [-0.05, 0) is 68.5 Å². The number of carboxylic acids is 1. The summed E-state index contributed by atoms with van der Waals surface area (Å²) in [5.41, 5.74) is 5.48. The normalized spacial score (nSPS) is 13.3. The summed E-state index contributed by atoms with van der Waals surface area (Å²) < 4.78 is 15.5. The quantitative estimate of drug-likeness (QED) is 0.415. The Morgan fingerprint density at radius 3 is 2.24 bits per heavy atom. The minimum Gasteiger partial charge on any atom is -0.481 e. The van der Waals surface area contributed by atoms with Gasteiger partial charge < -0.3 is 15.3 Å². The molecule has 2 unspecified atom stereocenters. The Labute approximate surface area is 193 Å². The van der Waals surface area contributed by atoms with E-state index >= 15 is 0 Å². The molecule has 0 aliphatic rings. The lowest BCUT2D eigenvalue weighted by molar-refractivity contribution is -0.139. The highest BCUT2D eigenvalue weighted by molar-refractivity contribution is 5.68. The summed E-state index contributed by atoms with van der Waals surface area (Å²) in [7, 11) is 0. The lowest BCUT2D eigenvalue weighted by atomic mass is 9.94. The number of aliphatic hydroxyl groups excluding tert-OH is 2. The summed E-state index contributed by atoms with van der Waals surface area (Å²) in [6.45, 7) is 6.11. The molecule has 0 aliphatic heterocycles. The standard InChI is InChI=1S/C26H31FN2O4/c1-16(2)25-23(13-12-21(30)14-22(31)15-24(32)33)26(18-6-8-19(27)9-7-18)29(28-25)20-10-4-17(3)5-11-20/h4-11,16,21-22,30-31H,12-15H2,1-3H3,(H,32,33). The maximum Gasteiger partial charge on any atom is 0.305 e. The van der Waals surface area contributed by atoms with Gasteiger partial charge in [0, 0.05) is 11.1 Å². The van der Waals surface area contributed by atoms with Gasteiger partial charge in [-0.2, -0.15) is 5.10 Å². The van der Waals surface area contributed by atoms with E-state index in [9.17, 15) is 19.4 Å². The molecule has 33 heavy (non-hydrogen) atoms. The third kappa shape index (κ3) is 6.27. The van der Waals surface area contributed by atoms with Crippen LogP contribution in [0.5, 0.6) is 0 Å². The molecular formula is C26H31FN2O4. The van der Waals surface area contributed by atoms with E-state index in [0.29, 0.717) is 12.8 Å². The molecule has 1 heterocycles. The van der Waals surface area contributed by atoms with E-state index < -0.39 is 24.6 Å². The highest BCUT2D eigenvalue weighted by Gasteiger charge is 2.24. The molecule has 0 saturated carbocycles. The molecule has 0 bridgehead atoms. The molecule has 1 aromatic heterocycles. The number of aliphatic carboxylic acids is 1. The molecule has 3 aromatic rings. The molecule has 0 amide bonds. The van der Waals surface area contributed by atoms with Crippen LogP contribution in [0.15, 0.2) is 48.5 Å². The highest BCUT2D eigenvalue weighted by Crippen LogP contribution is 2.34. The first-order valence-corrected chi connectivity index (χ1v) is 11.2. The SMILES string of the molecule is Cc1ccc(-n2nc(C(C)C)c(CCC(O)CC(O)CC(=O)O)c2-c2ccc(F)cc2)cc1. The average Bonchev–Trinajstić information content (AvgIpc) is 3.12. The van der Waals surface area contributed by atoms with E-state index in [-0.39, 0.29) is 18.2 Å². The number of halogens is 1. The molecule has 0 fully saturated rings. The Morgan fingerprint density at radius 2 is 1.67 bits per heavy atom. The summed E-state index contributed by atoms with van der Waals surface area (Å²) in [6, 6.07) is 14.3. The first kappa shape index (κ1) is 24.6. The van der Waals surface area contributed by atoms with Crippen molar-refractivity contribution in [1.82, 2.24) is 9.78 Å². The number of aryl methyl sites for hydroxylation is 1. The predicted molar refractivity (Wildman–Crippen MR) is 125 cm³/mol. The van der Waals surface area contributed by atoms with Crippen molar-refractivity contribution in [2.24, 2.45) is 0 Å². The van der Waals surface area contributed by atoms with Gasteiger partial charge >= 0.3 is 5.97 Å². The van der Waals surface area contributed by atoms with Crippen LogP contribution in [0, 0.1) is 12.7 Å². The third-order valence-corrected chi connectivity index (χ3v) is 5.64. The van der Waals surface area contributed by atoms with Gasteiger partial charge in [0.25, 0.3) is 0 Å². The van der Waals surface area contributed by atoms with E-state index in [2.05, 4.69) is 0 Å². The maximum atomic E-state index is 13.6. The number of hydrogen-bond acceptors (Lipinski definition) is 4. The number of carbonyl (C=O) groups is 1. The minimum absolute atomic E-state index is 0.0126. The van der Waals surface area contributed by atoms with E-state index in [1.54, 1.807) is 12.1 Å². The Kier molecular flexibility index (Phi) is 8.00. The van der Waals surface area contributed by atoms with E-state index in [0.717, 1.165) is 33.8 Å². The minimum atomic E-state index is -1.10. The van der Waals surface area contributed by atoms with Crippen LogP contribution in [-0.4, -0.2) is 43.3 Å². The molecule has 0 spiro atoms. The average molecular weight is 455 g/mol. The van der Waals surface area contributed by atoms with Gasteiger partial charge in [0.1, 0.15) is 5.82 Å². The zero-order valence-electron chi connectivity index (χ0n) is 19.2. The Balaban J connectivity index is 2.01. The van der Waals surface area contributed by atoms with E-state index in [1.807, 2.05) is 49.7 Å². The van der Waals surface area contributed by atoms with Gasteiger partial charge in [0.05, 0.1) is 35.7 Å². The molecule has 0 saturated heterocycles. The van der Waals surface area contributed by atoms with Gasteiger partial charge in [-0.3, -0.25) is 4.79 Å². The van der Waals surface area contributed by atoms with Crippen molar-refractivity contribution in [3.63, 3.8) is 0 Å². The van der Waals surface area contributed by atoms with Crippen LogP contribution in [0.2, 0.25) is 0 Å². The van der Waals surface area contributed by atoms with E-state index in [4.69, 9.17) is 10.2 Å². The molecule has 6 nitrogen and oxygen atoms in total. The van der Waals surface area contributed by atoms with Gasteiger partial charge in [0.2, 0.25) is 0 Å². The summed E-state index contributed by atoms with van der Waals surface area (Å²) in [6.07, 6.45) is -1.56. The zero-order valence-corrected chi connectivity index (χ0v) is 19.2. The number of benzene rings is 2. The number of aromatic nitrogens is 2. The molecular weight excluding hydrogens is 423 g/mol. The number of nitrogens with zero attached hydrogens (tertiary/aromatic N) is 2. The summed E-state index contributed by atoms with van der Waals surface area (Å²) in [5.74, 6) is -1.32. The van der Waals surface area contributed by atoms with Crippen LogP contribution in [0.3, 0.4) is 0 Å². The molecule has 3 rings (SSSR count). The molecule has 176 valence electrons. The summed E-state index contributed by atoms with van der Waals surface area (Å²) >= 11 is 0. The van der Waals surface area contributed by atoms with Gasteiger partial charge in [0.15, 0.2) is 0 Å². The molecule has 0 radical (unpaired) electrons.